The standard InChI is InChI=1S/C10H19FN2O2/c1-2-3-6-15-10(14)13-5-4-8(11)9(12)7-13/h8-9H,2-7,12H2,1H3. The van der Waals surface area contributed by atoms with Gasteiger partial charge >= 0.3 is 6.09 Å². The number of carbonyl (C=O) groups is 1. The maximum absolute atomic E-state index is 13.0. The van der Waals surface area contributed by atoms with Crippen molar-refractivity contribution in [3.63, 3.8) is 0 Å². The number of hydrogen-bond donors (Lipinski definition) is 1. The van der Waals surface area contributed by atoms with E-state index < -0.39 is 12.2 Å². The Morgan fingerprint density at radius 3 is 3.00 bits per heavy atom. The van der Waals surface area contributed by atoms with Gasteiger partial charge in [-0.25, -0.2) is 9.18 Å². The van der Waals surface area contributed by atoms with Crippen LogP contribution in [0.15, 0.2) is 0 Å². The third-order valence-electron chi connectivity index (χ3n) is 2.55. The van der Waals surface area contributed by atoms with E-state index in [2.05, 4.69) is 0 Å². The molecule has 0 radical (unpaired) electrons. The number of nitrogens with two attached hydrogens (primary N) is 1. The van der Waals surface area contributed by atoms with Gasteiger partial charge in [-0.1, -0.05) is 13.3 Å². The van der Waals surface area contributed by atoms with Crippen LogP contribution in [0, 0.1) is 0 Å². The van der Waals surface area contributed by atoms with Crippen molar-refractivity contribution in [2.75, 3.05) is 19.7 Å². The van der Waals surface area contributed by atoms with Gasteiger partial charge in [0, 0.05) is 13.1 Å². The third-order valence-corrected chi connectivity index (χ3v) is 2.55. The number of ether oxygens (including phenoxy) is 1. The van der Waals surface area contributed by atoms with E-state index in [1.165, 1.54) is 4.90 Å². The summed E-state index contributed by atoms with van der Waals surface area (Å²) in [5.74, 6) is 0. The Balaban J connectivity index is 2.28. The molecule has 2 unspecified atom stereocenters. The Morgan fingerprint density at radius 1 is 1.67 bits per heavy atom. The van der Waals surface area contributed by atoms with E-state index in [4.69, 9.17) is 10.5 Å². The second-order valence-electron chi connectivity index (χ2n) is 3.88. The molecule has 2 N–H and O–H groups in total. The smallest absolute Gasteiger partial charge is 0.409 e. The van der Waals surface area contributed by atoms with E-state index in [0.29, 0.717) is 19.6 Å². The second-order valence-corrected chi connectivity index (χ2v) is 3.88. The average Bonchev–Trinajstić information content (AvgIpc) is 2.22. The Labute approximate surface area is 89.6 Å². The summed E-state index contributed by atoms with van der Waals surface area (Å²) in [6.45, 7) is 3.12. The summed E-state index contributed by atoms with van der Waals surface area (Å²) in [6.07, 6.45) is 0.788. The molecule has 0 bridgehead atoms. The molecular weight excluding hydrogens is 199 g/mol. The number of alkyl halides is 1. The monoisotopic (exact) mass is 218 g/mol. The van der Waals surface area contributed by atoms with Crippen molar-refractivity contribution in [3.8, 4) is 0 Å². The molecule has 0 aromatic carbocycles. The number of likely N-dealkylation sites (tertiary alicyclic amines) is 1. The lowest BCUT2D eigenvalue weighted by molar-refractivity contribution is 0.0740. The van der Waals surface area contributed by atoms with E-state index in [1.807, 2.05) is 6.92 Å². The van der Waals surface area contributed by atoms with E-state index in [1.54, 1.807) is 0 Å². The van der Waals surface area contributed by atoms with Gasteiger partial charge in [0.25, 0.3) is 0 Å². The second kappa shape index (κ2) is 5.90. The molecule has 1 fully saturated rings. The quantitative estimate of drug-likeness (QED) is 0.726. The minimum absolute atomic E-state index is 0.256. The zero-order chi connectivity index (χ0) is 11.3. The minimum atomic E-state index is -0.996. The number of nitrogens with zero attached hydrogens (tertiary/aromatic N) is 1. The molecule has 1 aliphatic heterocycles. The van der Waals surface area contributed by atoms with Crippen molar-refractivity contribution in [1.82, 2.24) is 4.90 Å². The molecule has 1 aliphatic rings. The lowest BCUT2D eigenvalue weighted by Crippen LogP contribution is -2.51. The predicted octanol–water partition coefficient (Wildman–Crippen LogP) is 1.29. The number of carbonyl (C=O) groups excluding carboxylic acids is 1. The van der Waals surface area contributed by atoms with Crippen LogP contribution in [0.4, 0.5) is 9.18 Å². The van der Waals surface area contributed by atoms with Crippen LogP contribution in [0.5, 0.6) is 0 Å². The van der Waals surface area contributed by atoms with E-state index in [-0.39, 0.29) is 12.6 Å². The van der Waals surface area contributed by atoms with Crippen LogP contribution in [0.3, 0.4) is 0 Å². The first-order valence-corrected chi connectivity index (χ1v) is 5.46. The summed E-state index contributed by atoms with van der Waals surface area (Å²) in [4.78, 5) is 12.9. The highest BCUT2D eigenvalue weighted by Crippen LogP contribution is 2.13. The Hall–Kier alpha value is -0.840. The van der Waals surface area contributed by atoms with Crippen LogP contribution in [0.2, 0.25) is 0 Å². The summed E-state index contributed by atoms with van der Waals surface area (Å²) >= 11 is 0. The van der Waals surface area contributed by atoms with Gasteiger partial charge in [-0.05, 0) is 12.8 Å². The number of halogens is 1. The summed E-state index contributed by atoms with van der Waals surface area (Å²) < 4.78 is 18.0. The summed E-state index contributed by atoms with van der Waals surface area (Å²) in [7, 11) is 0. The molecule has 88 valence electrons. The van der Waals surface area contributed by atoms with Gasteiger partial charge in [0.05, 0.1) is 12.6 Å². The number of piperidine rings is 1. The third kappa shape index (κ3) is 3.66. The Kier molecular flexibility index (Phi) is 4.81. The fourth-order valence-corrected chi connectivity index (χ4v) is 1.51. The highest BCUT2D eigenvalue weighted by molar-refractivity contribution is 5.67. The lowest BCUT2D eigenvalue weighted by atomic mass is 10.1. The Bertz CT molecular complexity index is 214. The minimum Gasteiger partial charge on any atom is -0.449 e. The van der Waals surface area contributed by atoms with Crippen LogP contribution in [0.1, 0.15) is 26.2 Å². The highest BCUT2D eigenvalue weighted by Gasteiger charge is 2.29. The highest BCUT2D eigenvalue weighted by atomic mass is 19.1. The number of hydrogen-bond acceptors (Lipinski definition) is 3. The molecule has 1 heterocycles. The molecule has 15 heavy (non-hydrogen) atoms. The van der Waals surface area contributed by atoms with Gasteiger partial charge in [-0.2, -0.15) is 0 Å². The summed E-state index contributed by atoms with van der Waals surface area (Å²) in [5.41, 5.74) is 5.54. The topological polar surface area (TPSA) is 55.6 Å². The number of amides is 1. The summed E-state index contributed by atoms with van der Waals surface area (Å²) in [6, 6.07) is -0.572. The molecule has 0 saturated carbocycles. The first-order valence-electron chi connectivity index (χ1n) is 5.46. The van der Waals surface area contributed by atoms with Crippen molar-refractivity contribution < 1.29 is 13.9 Å². The fourth-order valence-electron chi connectivity index (χ4n) is 1.51. The van der Waals surface area contributed by atoms with Crippen molar-refractivity contribution in [3.05, 3.63) is 0 Å². The van der Waals surface area contributed by atoms with Crippen LogP contribution in [0.25, 0.3) is 0 Å². The maximum atomic E-state index is 13.0. The van der Waals surface area contributed by atoms with Crippen LogP contribution < -0.4 is 5.73 Å². The molecule has 5 heteroatoms. The molecule has 0 aliphatic carbocycles. The zero-order valence-electron chi connectivity index (χ0n) is 9.12. The SMILES string of the molecule is CCCCOC(=O)N1CCC(F)C(N)C1. The number of rotatable bonds is 3. The van der Waals surface area contributed by atoms with Crippen molar-refractivity contribution in [2.24, 2.45) is 5.73 Å². The van der Waals surface area contributed by atoms with Gasteiger partial charge in [-0.3, -0.25) is 0 Å². The fraction of sp³-hybridized carbons (Fsp3) is 0.900. The van der Waals surface area contributed by atoms with Crippen molar-refractivity contribution >= 4 is 6.09 Å². The van der Waals surface area contributed by atoms with Gasteiger partial charge in [0.2, 0.25) is 0 Å². The molecule has 0 spiro atoms. The van der Waals surface area contributed by atoms with Gasteiger partial charge < -0.3 is 15.4 Å². The maximum Gasteiger partial charge on any atom is 0.409 e. The van der Waals surface area contributed by atoms with E-state index in [9.17, 15) is 9.18 Å². The molecule has 0 aromatic rings. The van der Waals surface area contributed by atoms with Crippen molar-refractivity contribution in [1.29, 1.82) is 0 Å². The largest absolute Gasteiger partial charge is 0.449 e. The first kappa shape index (κ1) is 12.2. The van der Waals surface area contributed by atoms with E-state index >= 15 is 0 Å². The Morgan fingerprint density at radius 2 is 2.40 bits per heavy atom. The number of unbranched alkanes of at least 4 members (excludes halogenated alkanes) is 1. The van der Waals surface area contributed by atoms with Crippen LogP contribution in [-0.4, -0.2) is 42.9 Å². The average molecular weight is 218 g/mol. The first-order chi connectivity index (χ1) is 7.15. The lowest BCUT2D eigenvalue weighted by Gasteiger charge is -2.32. The molecule has 4 nitrogen and oxygen atoms in total. The normalized spacial score (nSPS) is 26.5. The zero-order valence-corrected chi connectivity index (χ0v) is 9.12. The van der Waals surface area contributed by atoms with Gasteiger partial charge in [0.15, 0.2) is 0 Å². The molecular formula is C10H19FN2O2. The van der Waals surface area contributed by atoms with Gasteiger partial charge in [0.1, 0.15) is 6.17 Å². The van der Waals surface area contributed by atoms with Gasteiger partial charge in [-0.15, -0.1) is 0 Å². The predicted molar refractivity (Wildman–Crippen MR) is 55.3 cm³/mol. The molecule has 2 atom stereocenters. The van der Waals surface area contributed by atoms with Crippen LogP contribution >= 0.6 is 0 Å². The molecule has 1 saturated heterocycles. The van der Waals surface area contributed by atoms with Crippen LogP contribution in [-0.2, 0) is 4.74 Å². The van der Waals surface area contributed by atoms with Crippen molar-refractivity contribution in [2.45, 2.75) is 38.4 Å². The summed E-state index contributed by atoms with van der Waals surface area (Å²) in [5, 5.41) is 0. The molecule has 0 aromatic heterocycles. The van der Waals surface area contributed by atoms with E-state index in [0.717, 1.165) is 12.8 Å². The molecule has 1 rings (SSSR count). The molecule has 1 amide bonds.